The fraction of sp³-hybridized carbons (Fsp3) is 0.300. The predicted octanol–water partition coefficient (Wildman–Crippen LogP) is 2.36. The van der Waals surface area contributed by atoms with Gasteiger partial charge in [-0.3, -0.25) is 0 Å². The molecule has 102 valence electrons. The van der Waals surface area contributed by atoms with Gasteiger partial charge in [0.25, 0.3) is 0 Å². The average molecular weight is 302 g/mol. The SMILES string of the molecule is COC(=O)N1C(=S)SC(c2ccco2)N1C(=O)OC. The van der Waals surface area contributed by atoms with E-state index in [2.05, 4.69) is 9.47 Å². The maximum atomic E-state index is 11.8. The third-order valence-electron chi connectivity index (χ3n) is 2.32. The Kier molecular flexibility index (Phi) is 3.96. The van der Waals surface area contributed by atoms with Crippen molar-refractivity contribution >= 4 is 40.5 Å². The number of furan rings is 1. The average Bonchev–Trinajstić information content (AvgIpc) is 3.03. The van der Waals surface area contributed by atoms with Gasteiger partial charge in [0.1, 0.15) is 5.76 Å². The van der Waals surface area contributed by atoms with Gasteiger partial charge in [0, 0.05) is 0 Å². The first-order valence-electron chi connectivity index (χ1n) is 5.09. The lowest BCUT2D eigenvalue weighted by Crippen LogP contribution is -2.47. The zero-order valence-electron chi connectivity index (χ0n) is 10.1. The normalized spacial score (nSPS) is 18.6. The highest BCUT2D eigenvalue weighted by Crippen LogP contribution is 2.43. The Morgan fingerprint density at radius 2 is 2.05 bits per heavy atom. The summed E-state index contributed by atoms with van der Waals surface area (Å²) in [6.45, 7) is 0. The van der Waals surface area contributed by atoms with Crippen LogP contribution >= 0.6 is 24.0 Å². The molecule has 0 aliphatic carbocycles. The number of hydrogen-bond donors (Lipinski definition) is 0. The summed E-state index contributed by atoms with van der Waals surface area (Å²) in [5.41, 5.74) is 0. The summed E-state index contributed by atoms with van der Waals surface area (Å²) in [6.07, 6.45) is -0.0361. The molecule has 1 aromatic rings. The molecule has 0 bridgehead atoms. The lowest BCUT2D eigenvalue weighted by molar-refractivity contribution is 0.0271. The molecule has 1 aromatic heterocycles. The van der Waals surface area contributed by atoms with Crippen LogP contribution in [-0.2, 0) is 9.47 Å². The van der Waals surface area contributed by atoms with Crippen LogP contribution in [0.2, 0.25) is 0 Å². The molecule has 0 saturated carbocycles. The lowest BCUT2D eigenvalue weighted by Gasteiger charge is -2.26. The molecule has 9 heteroatoms. The Morgan fingerprint density at radius 3 is 2.58 bits per heavy atom. The van der Waals surface area contributed by atoms with Crippen molar-refractivity contribution in [3.05, 3.63) is 24.2 Å². The van der Waals surface area contributed by atoms with Crippen LogP contribution in [0.4, 0.5) is 9.59 Å². The largest absolute Gasteiger partial charge is 0.466 e. The number of hydrazine groups is 1. The van der Waals surface area contributed by atoms with Gasteiger partial charge in [-0.05, 0) is 12.1 Å². The number of methoxy groups -OCH3 is 2. The predicted molar refractivity (Wildman–Crippen MR) is 70.1 cm³/mol. The first-order valence-corrected chi connectivity index (χ1v) is 6.38. The summed E-state index contributed by atoms with van der Waals surface area (Å²) in [6, 6.07) is 3.35. The summed E-state index contributed by atoms with van der Waals surface area (Å²) >= 11 is 6.19. The molecule has 2 heterocycles. The molecule has 19 heavy (non-hydrogen) atoms. The molecule has 0 radical (unpaired) electrons. The number of amides is 2. The minimum absolute atomic E-state index is 0.179. The molecule has 1 fully saturated rings. The van der Waals surface area contributed by atoms with Crippen LogP contribution in [0.1, 0.15) is 11.1 Å². The smallest absolute Gasteiger partial charge is 0.434 e. The van der Waals surface area contributed by atoms with E-state index in [0.717, 1.165) is 21.8 Å². The number of thioether (sulfide) groups is 1. The van der Waals surface area contributed by atoms with Gasteiger partial charge in [0.05, 0.1) is 20.5 Å². The van der Waals surface area contributed by atoms with E-state index in [9.17, 15) is 9.59 Å². The van der Waals surface area contributed by atoms with Crippen molar-refractivity contribution in [1.29, 1.82) is 0 Å². The van der Waals surface area contributed by atoms with Gasteiger partial charge in [-0.25, -0.2) is 9.59 Å². The summed E-state index contributed by atoms with van der Waals surface area (Å²) in [4.78, 5) is 23.5. The van der Waals surface area contributed by atoms with Crippen molar-refractivity contribution in [2.24, 2.45) is 0 Å². The van der Waals surface area contributed by atoms with Gasteiger partial charge in [0.15, 0.2) is 9.69 Å². The van der Waals surface area contributed by atoms with E-state index in [1.807, 2.05) is 0 Å². The molecule has 2 rings (SSSR count). The molecule has 1 atom stereocenters. The number of ether oxygens (including phenoxy) is 2. The van der Waals surface area contributed by atoms with Crippen LogP contribution in [0.25, 0.3) is 0 Å². The fourth-order valence-electron chi connectivity index (χ4n) is 1.52. The summed E-state index contributed by atoms with van der Waals surface area (Å²) < 4.78 is 14.7. The zero-order chi connectivity index (χ0) is 14.0. The fourth-order valence-corrected chi connectivity index (χ4v) is 2.94. The number of rotatable bonds is 1. The van der Waals surface area contributed by atoms with Crippen molar-refractivity contribution in [3.63, 3.8) is 0 Å². The van der Waals surface area contributed by atoms with Crippen LogP contribution in [0.5, 0.6) is 0 Å². The summed E-state index contributed by atoms with van der Waals surface area (Å²) in [7, 11) is 2.41. The minimum atomic E-state index is -0.767. The van der Waals surface area contributed by atoms with Crippen LogP contribution in [0, 0.1) is 0 Å². The van der Waals surface area contributed by atoms with Crippen molar-refractivity contribution in [2.45, 2.75) is 5.37 Å². The highest BCUT2D eigenvalue weighted by molar-refractivity contribution is 8.23. The Morgan fingerprint density at radius 1 is 1.37 bits per heavy atom. The Labute approximate surface area is 118 Å². The molecule has 2 amide bonds. The first-order chi connectivity index (χ1) is 9.10. The van der Waals surface area contributed by atoms with E-state index in [-0.39, 0.29) is 4.32 Å². The molecule has 1 aliphatic rings. The second-order valence-electron chi connectivity index (χ2n) is 3.35. The van der Waals surface area contributed by atoms with Crippen LogP contribution < -0.4 is 0 Å². The molecule has 7 nitrogen and oxygen atoms in total. The number of nitrogens with zero attached hydrogens (tertiary/aromatic N) is 2. The number of hydrogen-bond acceptors (Lipinski definition) is 7. The van der Waals surface area contributed by atoms with E-state index in [1.54, 1.807) is 12.1 Å². The second-order valence-corrected chi connectivity index (χ2v) is 5.06. The maximum absolute atomic E-state index is 11.8. The highest BCUT2D eigenvalue weighted by atomic mass is 32.2. The van der Waals surface area contributed by atoms with Gasteiger partial charge in [-0.2, -0.15) is 10.0 Å². The minimum Gasteiger partial charge on any atom is -0.466 e. The van der Waals surface area contributed by atoms with Crippen molar-refractivity contribution in [2.75, 3.05) is 14.2 Å². The standard InChI is InChI=1S/C10H10N2O5S2/c1-15-8(13)11-7(6-4-3-5-17-6)19-10(18)12(11)9(14)16-2/h3-5,7H,1-2H3. The maximum Gasteiger partial charge on any atom is 0.434 e. The highest BCUT2D eigenvalue weighted by Gasteiger charge is 2.46. The Bertz CT molecular complexity index is 504. The van der Waals surface area contributed by atoms with Gasteiger partial charge in [-0.15, -0.1) is 0 Å². The first kappa shape index (κ1) is 13.7. The summed E-state index contributed by atoms with van der Waals surface area (Å²) in [5.74, 6) is 0.476. The van der Waals surface area contributed by atoms with E-state index in [4.69, 9.17) is 16.6 Å². The van der Waals surface area contributed by atoms with Crippen molar-refractivity contribution in [3.8, 4) is 0 Å². The van der Waals surface area contributed by atoms with Crippen LogP contribution in [0.15, 0.2) is 22.8 Å². The van der Waals surface area contributed by atoms with Gasteiger partial charge in [0.2, 0.25) is 0 Å². The Balaban J connectivity index is 2.38. The van der Waals surface area contributed by atoms with E-state index in [0.29, 0.717) is 5.76 Å². The second kappa shape index (κ2) is 5.49. The van der Waals surface area contributed by atoms with E-state index in [1.165, 1.54) is 20.5 Å². The topological polar surface area (TPSA) is 72.2 Å². The molecule has 1 unspecified atom stereocenters. The van der Waals surface area contributed by atoms with Crippen LogP contribution in [-0.4, -0.2) is 40.7 Å². The Hall–Kier alpha value is -1.74. The van der Waals surface area contributed by atoms with Gasteiger partial charge < -0.3 is 13.9 Å². The molecular weight excluding hydrogens is 292 g/mol. The molecule has 0 spiro atoms. The third-order valence-corrected chi connectivity index (χ3v) is 3.81. The van der Waals surface area contributed by atoms with Gasteiger partial charge >= 0.3 is 12.2 Å². The quantitative estimate of drug-likeness (QED) is 0.737. The molecular formula is C10H10N2O5S2. The van der Waals surface area contributed by atoms with E-state index >= 15 is 0 Å². The number of carbonyl (C=O) groups excluding carboxylic acids is 2. The van der Waals surface area contributed by atoms with Crippen molar-refractivity contribution < 1.29 is 23.5 Å². The zero-order valence-corrected chi connectivity index (χ0v) is 11.7. The number of carbonyl (C=O) groups is 2. The molecule has 0 aromatic carbocycles. The van der Waals surface area contributed by atoms with Gasteiger partial charge in [-0.1, -0.05) is 24.0 Å². The van der Waals surface area contributed by atoms with Crippen molar-refractivity contribution in [1.82, 2.24) is 10.0 Å². The number of thiocarbonyl (C=S) groups is 1. The third kappa shape index (κ3) is 2.38. The van der Waals surface area contributed by atoms with Crippen LogP contribution in [0.3, 0.4) is 0 Å². The molecule has 1 aliphatic heterocycles. The monoisotopic (exact) mass is 302 g/mol. The summed E-state index contributed by atoms with van der Waals surface area (Å²) in [5, 5.41) is 1.39. The van der Waals surface area contributed by atoms with E-state index < -0.39 is 17.6 Å². The molecule has 0 N–H and O–H groups in total. The lowest BCUT2D eigenvalue weighted by atomic mass is 10.4. The molecule has 1 saturated heterocycles.